The third kappa shape index (κ3) is 4.34. The first-order valence-electron chi connectivity index (χ1n) is 7.38. The van der Waals surface area contributed by atoms with Crippen LogP contribution in [0.5, 0.6) is 0 Å². The van der Waals surface area contributed by atoms with Gasteiger partial charge in [0.1, 0.15) is 11.4 Å². The molecule has 0 saturated heterocycles. The van der Waals surface area contributed by atoms with E-state index in [0.29, 0.717) is 12.1 Å². The van der Waals surface area contributed by atoms with Crippen LogP contribution >= 0.6 is 0 Å². The molecule has 6 heteroatoms. The number of nitrogens with zero attached hydrogens (tertiary/aromatic N) is 2. The zero-order valence-electron chi connectivity index (χ0n) is 13.5. The predicted octanol–water partition coefficient (Wildman–Crippen LogP) is 2.42. The molecule has 1 aromatic rings. The molecule has 23 heavy (non-hydrogen) atoms. The van der Waals surface area contributed by atoms with Crippen molar-refractivity contribution in [2.75, 3.05) is 13.9 Å². The molecule has 2 rings (SSSR count). The van der Waals surface area contributed by atoms with Crippen LogP contribution in [0.15, 0.2) is 41.0 Å². The van der Waals surface area contributed by atoms with Gasteiger partial charge in [-0.25, -0.2) is 9.83 Å². The highest BCUT2D eigenvalue weighted by Crippen LogP contribution is 2.19. The lowest BCUT2D eigenvalue weighted by Crippen LogP contribution is -2.45. The predicted molar refractivity (Wildman–Crippen MR) is 86.1 cm³/mol. The molecular formula is C17H20N2O4. The van der Waals surface area contributed by atoms with Crippen LogP contribution in [-0.2, 0) is 19.2 Å². The van der Waals surface area contributed by atoms with Gasteiger partial charge in [-0.2, -0.15) is 0 Å². The van der Waals surface area contributed by atoms with E-state index in [2.05, 4.69) is 4.99 Å². The van der Waals surface area contributed by atoms with Crippen LogP contribution in [0.25, 0.3) is 6.08 Å². The normalized spacial score (nSPS) is 17.1. The number of benzene rings is 1. The van der Waals surface area contributed by atoms with Crippen molar-refractivity contribution < 1.29 is 19.2 Å². The molecule has 0 aliphatic carbocycles. The first-order valence-corrected chi connectivity index (χ1v) is 7.38. The summed E-state index contributed by atoms with van der Waals surface area (Å²) in [6.07, 6.45) is 2.10. The van der Waals surface area contributed by atoms with Crippen LogP contribution in [0, 0.1) is 5.92 Å². The monoisotopic (exact) mass is 316 g/mol. The highest BCUT2D eigenvalue weighted by molar-refractivity contribution is 6.44. The van der Waals surface area contributed by atoms with Gasteiger partial charge in [0.15, 0.2) is 6.79 Å². The number of imide groups is 1. The molecule has 0 saturated carbocycles. The van der Waals surface area contributed by atoms with Crippen LogP contribution in [0.3, 0.4) is 0 Å². The molecular weight excluding hydrogens is 296 g/mol. The SMILES string of the molecule is COCON1C(=O)C(CC(C)C)=N/C(=C\c2ccccc2)C1=O. The van der Waals surface area contributed by atoms with E-state index in [1.165, 1.54) is 7.11 Å². The average Bonchev–Trinajstić information content (AvgIpc) is 2.52. The summed E-state index contributed by atoms with van der Waals surface area (Å²) in [5.74, 6) is -0.900. The van der Waals surface area contributed by atoms with Gasteiger partial charge in [-0.1, -0.05) is 44.2 Å². The Morgan fingerprint density at radius 3 is 2.48 bits per heavy atom. The van der Waals surface area contributed by atoms with Crippen molar-refractivity contribution >= 4 is 23.6 Å². The Labute approximate surface area is 135 Å². The molecule has 122 valence electrons. The van der Waals surface area contributed by atoms with Crippen molar-refractivity contribution in [2.45, 2.75) is 20.3 Å². The van der Waals surface area contributed by atoms with Crippen molar-refractivity contribution in [1.82, 2.24) is 5.06 Å². The van der Waals surface area contributed by atoms with Gasteiger partial charge in [-0.05, 0) is 24.0 Å². The molecule has 0 atom stereocenters. The van der Waals surface area contributed by atoms with Gasteiger partial charge >= 0.3 is 5.91 Å². The molecule has 0 spiro atoms. The van der Waals surface area contributed by atoms with Gasteiger partial charge in [-0.15, -0.1) is 5.06 Å². The molecule has 0 fully saturated rings. The maximum atomic E-state index is 12.4. The van der Waals surface area contributed by atoms with Gasteiger partial charge < -0.3 is 4.74 Å². The van der Waals surface area contributed by atoms with Gasteiger partial charge in [0.25, 0.3) is 5.91 Å². The first-order chi connectivity index (χ1) is 11.0. The molecule has 0 unspecified atom stereocenters. The Bertz CT molecular complexity index is 635. The van der Waals surface area contributed by atoms with E-state index in [4.69, 9.17) is 9.57 Å². The lowest BCUT2D eigenvalue weighted by atomic mass is 10.0. The summed E-state index contributed by atoms with van der Waals surface area (Å²) in [7, 11) is 1.42. The Balaban J connectivity index is 2.38. The van der Waals surface area contributed by atoms with E-state index >= 15 is 0 Å². The van der Waals surface area contributed by atoms with E-state index in [1.807, 2.05) is 44.2 Å². The second-order valence-electron chi connectivity index (χ2n) is 5.54. The summed E-state index contributed by atoms with van der Waals surface area (Å²) in [4.78, 5) is 34.1. The fraction of sp³-hybridized carbons (Fsp3) is 0.353. The molecule has 1 aromatic carbocycles. The topological polar surface area (TPSA) is 68.2 Å². The van der Waals surface area contributed by atoms with Crippen LogP contribution < -0.4 is 0 Å². The van der Waals surface area contributed by atoms with E-state index < -0.39 is 11.8 Å². The maximum Gasteiger partial charge on any atom is 0.303 e. The van der Waals surface area contributed by atoms with Crippen molar-refractivity contribution in [3.63, 3.8) is 0 Å². The minimum atomic E-state index is -0.594. The van der Waals surface area contributed by atoms with Gasteiger partial charge in [0, 0.05) is 7.11 Å². The Hall–Kier alpha value is -2.31. The smallest absolute Gasteiger partial charge is 0.303 e. The van der Waals surface area contributed by atoms with E-state index in [9.17, 15) is 9.59 Å². The third-order valence-electron chi connectivity index (χ3n) is 3.09. The second kappa shape index (κ2) is 7.80. The fourth-order valence-corrected chi connectivity index (χ4v) is 2.10. The summed E-state index contributed by atoms with van der Waals surface area (Å²) in [6, 6.07) is 9.32. The summed E-state index contributed by atoms with van der Waals surface area (Å²) in [5.41, 5.74) is 1.30. The van der Waals surface area contributed by atoms with Crippen LogP contribution in [-0.4, -0.2) is 36.5 Å². The van der Waals surface area contributed by atoms with E-state index in [1.54, 1.807) is 6.08 Å². The van der Waals surface area contributed by atoms with E-state index in [-0.39, 0.29) is 18.4 Å². The largest absolute Gasteiger partial charge is 0.356 e. The van der Waals surface area contributed by atoms with E-state index in [0.717, 1.165) is 10.6 Å². The molecule has 2 amide bonds. The number of hydroxylamine groups is 2. The number of hydrogen-bond donors (Lipinski definition) is 0. The van der Waals surface area contributed by atoms with Crippen LogP contribution in [0.1, 0.15) is 25.8 Å². The molecule has 1 aliphatic heterocycles. The van der Waals surface area contributed by atoms with Crippen molar-refractivity contribution in [3.8, 4) is 0 Å². The quantitative estimate of drug-likeness (QED) is 0.459. The number of carbonyl (C=O) groups excluding carboxylic acids is 2. The molecule has 0 bridgehead atoms. The van der Waals surface area contributed by atoms with Crippen molar-refractivity contribution in [2.24, 2.45) is 10.9 Å². The number of amides is 2. The summed E-state index contributed by atoms with van der Waals surface area (Å²) in [6.45, 7) is 3.77. The average molecular weight is 316 g/mol. The number of carbonyl (C=O) groups is 2. The highest BCUT2D eigenvalue weighted by atomic mass is 16.8. The number of ether oxygens (including phenoxy) is 1. The van der Waals surface area contributed by atoms with Gasteiger partial charge in [0.2, 0.25) is 0 Å². The van der Waals surface area contributed by atoms with Crippen LogP contribution in [0.4, 0.5) is 0 Å². The van der Waals surface area contributed by atoms with Crippen molar-refractivity contribution in [1.29, 1.82) is 0 Å². The molecule has 1 heterocycles. The molecule has 0 radical (unpaired) electrons. The number of hydrogen-bond acceptors (Lipinski definition) is 5. The Kier molecular flexibility index (Phi) is 5.78. The molecule has 6 nitrogen and oxygen atoms in total. The highest BCUT2D eigenvalue weighted by Gasteiger charge is 2.34. The second-order valence-corrected chi connectivity index (χ2v) is 5.54. The molecule has 0 N–H and O–H groups in total. The number of aliphatic imine (C=N–C) groups is 1. The van der Waals surface area contributed by atoms with Crippen molar-refractivity contribution in [3.05, 3.63) is 41.6 Å². The Morgan fingerprint density at radius 1 is 1.17 bits per heavy atom. The minimum Gasteiger partial charge on any atom is -0.356 e. The maximum absolute atomic E-state index is 12.4. The lowest BCUT2D eigenvalue weighted by molar-refractivity contribution is -0.213. The molecule has 1 aliphatic rings. The van der Waals surface area contributed by atoms with Gasteiger partial charge in [-0.3, -0.25) is 9.59 Å². The number of rotatable bonds is 6. The molecule has 0 aromatic heterocycles. The zero-order valence-corrected chi connectivity index (χ0v) is 13.5. The number of methoxy groups -OCH3 is 1. The first kappa shape index (κ1) is 17.1. The van der Waals surface area contributed by atoms with Gasteiger partial charge in [0.05, 0.1) is 0 Å². The van der Waals surface area contributed by atoms with Crippen LogP contribution in [0.2, 0.25) is 0 Å². The summed E-state index contributed by atoms with van der Waals surface area (Å²) >= 11 is 0. The Morgan fingerprint density at radius 2 is 1.87 bits per heavy atom. The lowest BCUT2D eigenvalue weighted by Gasteiger charge is -2.25. The zero-order chi connectivity index (χ0) is 16.8. The minimum absolute atomic E-state index is 0.169. The summed E-state index contributed by atoms with van der Waals surface area (Å²) in [5, 5.41) is 0.725. The third-order valence-corrected chi connectivity index (χ3v) is 3.09. The fourth-order valence-electron chi connectivity index (χ4n) is 2.10. The standard InChI is InChI=1S/C17H20N2O4/c1-12(2)9-14-16(20)19(23-11-22-3)17(21)15(18-14)10-13-7-5-4-6-8-13/h4-8,10,12H,9,11H2,1-3H3/b15-10-. The summed E-state index contributed by atoms with van der Waals surface area (Å²) < 4.78 is 4.78.